The lowest BCUT2D eigenvalue weighted by Gasteiger charge is -2.19. The summed E-state index contributed by atoms with van der Waals surface area (Å²) in [6.07, 6.45) is 0. The van der Waals surface area contributed by atoms with Crippen LogP contribution in [0.5, 0.6) is 23.0 Å². The highest BCUT2D eigenvalue weighted by atomic mass is 19.3. The van der Waals surface area contributed by atoms with Crippen molar-refractivity contribution in [2.24, 2.45) is 0 Å². The molecule has 0 fully saturated rings. The third-order valence-corrected chi connectivity index (χ3v) is 4.07. The highest BCUT2D eigenvalue weighted by molar-refractivity contribution is 5.98. The zero-order valence-electron chi connectivity index (χ0n) is 16.5. The fraction of sp³-hybridized carbons (Fsp3) is 0.263. The molecule has 170 valence electrons. The van der Waals surface area contributed by atoms with Crippen LogP contribution in [0.25, 0.3) is 0 Å². The minimum absolute atomic E-state index is 0.344. The van der Waals surface area contributed by atoms with E-state index in [9.17, 15) is 28.5 Å². The van der Waals surface area contributed by atoms with Crippen molar-refractivity contribution in [2.75, 3.05) is 32.2 Å². The van der Waals surface area contributed by atoms with Crippen LogP contribution in [0, 0.1) is 10.1 Å². The van der Waals surface area contributed by atoms with Crippen LogP contribution in [0.2, 0.25) is 0 Å². The monoisotopic (exact) mass is 454 g/mol. The molecule has 2 aromatic rings. The molecule has 0 atom stereocenters. The molecule has 1 N–H and O–H groups in total. The number of alkyl halides is 2. The van der Waals surface area contributed by atoms with Crippen molar-refractivity contribution in [1.82, 2.24) is 0 Å². The van der Waals surface area contributed by atoms with Crippen LogP contribution in [-0.4, -0.2) is 50.3 Å². The summed E-state index contributed by atoms with van der Waals surface area (Å²) in [7, 11) is 1.09. The number of nitro benzene ring substituents is 1. The minimum Gasteiger partial charge on any atom is -0.493 e. The molecule has 2 aromatic carbocycles. The van der Waals surface area contributed by atoms with Crippen molar-refractivity contribution < 1.29 is 47.0 Å². The number of hydrogen-bond donors (Lipinski definition) is 1. The quantitative estimate of drug-likeness (QED) is 0.363. The number of benzene rings is 2. The highest BCUT2D eigenvalue weighted by Gasteiger charge is 2.27. The van der Waals surface area contributed by atoms with Crippen LogP contribution in [0.1, 0.15) is 10.4 Å². The SMILES string of the molecule is COc1cc(C(=O)OCC(=O)Nc2ccc3c(c2)OCCO3)c([N+](=O)[O-])cc1OC(F)F. The minimum atomic E-state index is -3.27. The molecule has 0 radical (unpaired) electrons. The van der Waals surface area contributed by atoms with Crippen LogP contribution in [0.3, 0.4) is 0 Å². The van der Waals surface area contributed by atoms with Crippen molar-refractivity contribution in [3.05, 3.63) is 46.0 Å². The molecule has 0 bridgehead atoms. The molecule has 1 aliphatic heterocycles. The zero-order valence-corrected chi connectivity index (χ0v) is 16.5. The molecule has 0 saturated heterocycles. The number of carbonyl (C=O) groups is 2. The first-order valence-electron chi connectivity index (χ1n) is 8.96. The van der Waals surface area contributed by atoms with Gasteiger partial charge in [-0.05, 0) is 12.1 Å². The van der Waals surface area contributed by atoms with Gasteiger partial charge in [0.05, 0.1) is 18.1 Å². The van der Waals surface area contributed by atoms with Crippen LogP contribution in [0.15, 0.2) is 30.3 Å². The second-order valence-electron chi connectivity index (χ2n) is 6.14. The molecule has 0 unspecified atom stereocenters. The lowest BCUT2D eigenvalue weighted by Crippen LogP contribution is -2.22. The molecule has 11 nitrogen and oxygen atoms in total. The molecule has 0 aliphatic carbocycles. The first-order chi connectivity index (χ1) is 15.3. The Morgan fingerprint density at radius 2 is 1.88 bits per heavy atom. The van der Waals surface area contributed by atoms with Gasteiger partial charge >= 0.3 is 12.6 Å². The fourth-order valence-electron chi connectivity index (χ4n) is 2.74. The first kappa shape index (κ1) is 22.5. The number of nitrogens with zero attached hydrogens (tertiary/aromatic N) is 1. The summed E-state index contributed by atoms with van der Waals surface area (Å²) in [5.74, 6) is -2.02. The number of rotatable bonds is 8. The van der Waals surface area contributed by atoms with Crippen molar-refractivity contribution in [3.8, 4) is 23.0 Å². The van der Waals surface area contributed by atoms with Gasteiger partial charge in [-0.3, -0.25) is 14.9 Å². The van der Waals surface area contributed by atoms with Gasteiger partial charge in [0.15, 0.2) is 29.6 Å². The fourth-order valence-corrected chi connectivity index (χ4v) is 2.74. The van der Waals surface area contributed by atoms with E-state index >= 15 is 0 Å². The topological polar surface area (TPSA) is 135 Å². The van der Waals surface area contributed by atoms with Gasteiger partial charge in [0.25, 0.3) is 11.6 Å². The number of nitrogens with one attached hydrogen (secondary N) is 1. The summed E-state index contributed by atoms with van der Waals surface area (Å²) in [4.78, 5) is 34.7. The molecule has 32 heavy (non-hydrogen) atoms. The van der Waals surface area contributed by atoms with Crippen molar-refractivity contribution in [3.63, 3.8) is 0 Å². The Bertz CT molecular complexity index is 1050. The van der Waals surface area contributed by atoms with Gasteiger partial charge < -0.3 is 29.0 Å². The second-order valence-corrected chi connectivity index (χ2v) is 6.14. The maximum absolute atomic E-state index is 12.5. The van der Waals surface area contributed by atoms with Gasteiger partial charge in [-0.25, -0.2) is 4.79 Å². The number of nitro groups is 1. The van der Waals surface area contributed by atoms with Crippen molar-refractivity contribution >= 4 is 23.3 Å². The average molecular weight is 454 g/mol. The van der Waals surface area contributed by atoms with Crippen molar-refractivity contribution in [2.45, 2.75) is 6.61 Å². The summed E-state index contributed by atoms with van der Waals surface area (Å²) in [6, 6.07) is 6.08. The van der Waals surface area contributed by atoms with E-state index in [0.29, 0.717) is 36.5 Å². The number of ether oxygens (including phenoxy) is 5. The van der Waals surface area contributed by atoms with Crippen LogP contribution in [0.4, 0.5) is 20.2 Å². The standard InChI is InChI=1S/C19H16F2N2O9/c1-28-14-7-11(12(23(26)27)8-16(14)32-19(20)21)18(25)31-9-17(24)22-10-2-3-13-15(6-10)30-5-4-29-13/h2-3,6-8,19H,4-5,9H2,1H3,(H,22,24). The average Bonchev–Trinajstić information content (AvgIpc) is 2.76. The highest BCUT2D eigenvalue weighted by Crippen LogP contribution is 2.36. The number of amides is 1. The van der Waals surface area contributed by atoms with Gasteiger partial charge in [0, 0.05) is 17.8 Å². The maximum atomic E-state index is 12.5. The maximum Gasteiger partial charge on any atom is 0.387 e. The number of carbonyl (C=O) groups excluding carboxylic acids is 2. The largest absolute Gasteiger partial charge is 0.493 e. The normalized spacial score (nSPS) is 12.1. The van der Waals surface area contributed by atoms with Gasteiger partial charge in [-0.15, -0.1) is 0 Å². The van der Waals surface area contributed by atoms with E-state index < -0.39 is 47.0 Å². The summed E-state index contributed by atoms with van der Waals surface area (Å²) in [5.41, 5.74) is -1.13. The molecular formula is C19H16F2N2O9. The third kappa shape index (κ3) is 5.30. The van der Waals surface area contributed by atoms with E-state index in [4.69, 9.17) is 18.9 Å². The Hall–Kier alpha value is -4.16. The lowest BCUT2D eigenvalue weighted by atomic mass is 10.1. The third-order valence-electron chi connectivity index (χ3n) is 4.07. The number of esters is 1. The van der Waals surface area contributed by atoms with Gasteiger partial charge in [0.1, 0.15) is 18.8 Å². The number of hydrogen-bond acceptors (Lipinski definition) is 9. The van der Waals surface area contributed by atoms with Crippen LogP contribution >= 0.6 is 0 Å². The van der Waals surface area contributed by atoms with Gasteiger partial charge in [0.2, 0.25) is 0 Å². The molecule has 1 heterocycles. The molecule has 0 aromatic heterocycles. The smallest absolute Gasteiger partial charge is 0.387 e. The van der Waals surface area contributed by atoms with Crippen molar-refractivity contribution in [1.29, 1.82) is 0 Å². The summed E-state index contributed by atoms with van der Waals surface area (Å²) < 4.78 is 49.6. The molecule has 0 saturated carbocycles. The number of anilines is 1. The van der Waals surface area contributed by atoms with E-state index in [1.54, 1.807) is 12.1 Å². The van der Waals surface area contributed by atoms with E-state index in [-0.39, 0.29) is 5.75 Å². The molecule has 13 heteroatoms. The van der Waals surface area contributed by atoms with Gasteiger partial charge in [-0.2, -0.15) is 8.78 Å². The Balaban J connectivity index is 1.69. The Kier molecular flexibility index (Phi) is 6.87. The van der Waals surface area contributed by atoms with E-state index in [1.807, 2.05) is 0 Å². The first-order valence-corrected chi connectivity index (χ1v) is 8.96. The van der Waals surface area contributed by atoms with E-state index in [0.717, 1.165) is 13.2 Å². The predicted molar refractivity (Wildman–Crippen MR) is 103 cm³/mol. The lowest BCUT2D eigenvalue weighted by molar-refractivity contribution is -0.385. The molecule has 1 amide bonds. The van der Waals surface area contributed by atoms with E-state index in [1.165, 1.54) is 6.07 Å². The number of fused-ring (bicyclic) bond motifs is 1. The molecular weight excluding hydrogens is 438 g/mol. The zero-order chi connectivity index (χ0) is 23.3. The Morgan fingerprint density at radius 3 is 2.53 bits per heavy atom. The molecule has 0 spiro atoms. The van der Waals surface area contributed by atoms with E-state index in [2.05, 4.69) is 10.1 Å². The second kappa shape index (κ2) is 9.76. The van der Waals surface area contributed by atoms with Crippen LogP contribution < -0.4 is 24.3 Å². The molecule has 1 aliphatic rings. The van der Waals surface area contributed by atoms with Gasteiger partial charge in [-0.1, -0.05) is 0 Å². The summed E-state index contributed by atoms with van der Waals surface area (Å²) >= 11 is 0. The summed E-state index contributed by atoms with van der Waals surface area (Å²) in [6.45, 7) is -3.29. The number of halogens is 2. The summed E-state index contributed by atoms with van der Waals surface area (Å²) in [5, 5.41) is 13.7. The van der Waals surface area contributed by atoms with Crippen LogP contribution in [-0.2, 0) is 9.53 Å². The predicted octanol–water partition coefficient (Wildman–Crippen LogP) is 2.77. The molecule has 3 rings (SSSR count). The Morgan fingerprint density at radius 1 is 1.16 bits per heavy atom. The Labute approximate surface area is 178 Å². The number of methoxy groups -OCH3 is 1.